The fourth-order valence-corrected chi connectivity index (χ4v) is 2.50. The molecule has 106 valence electrons. The van der Waals surface area contributed by atoms with Gasteiger partial charge in [-0.3, -0.25) is 4.98 Å². The molecule has 0 aliphatic carbocycles. The molecule has 0 saturated carbocycles. The Labute approximate surface area is 122 Å². The average molecular weight is 313 g/mol. The Hall–Kier alpha value is -1.63. The van der Waals surface area contributed by atoms with Crippen molar-refractivity contribution in [3.63, 3.8) is 0 Å². The van der Waals surface area contributed by atoms with Gasteiger partial charge in [-0.1, -0.05) is 11.6 Å². The number of rotatable bonds is 4. The van der Waals surface area contributed by atoms with Crippen LogP contribution in [0.4, 0.5) is 0 Å². The largest absolute Gasteiger partial charge is 0.487 e. The van der Waals surface area contributed by atoms with Gasteiger partial charge in [-0.15, -0.1) is 0 Å². The fraction of sp³-hybridized carbons (Fsp3) is 0.154. The lowest BCUT2D eigenvalue weighted by atomic mass is 10.2. The van der Waals surface area contributed by atoms with E-state index in [9.17, 15) is 8.42 Å². The fourth-order valence-electron chi connectivity index (χ4n) is 1.71. The van der Waals surface area contributed by atoms with Gasteiger partial charge in [-0.25, -0.2) is 13.6 Å². The lowest BCUT2D eigenvalue weighted by molar-refractivity contribution is 0.356. The number of pyridine rings is 1. The van der Waals surface area contributed by atoms with Crippen molar-refractivity contribution in [1.82, 2.24) is 4.98 Å². The molecule has 1 aromatic carbocycles. The summed E-state index contributed by atoms with van der Waals surface area (Å²) >= 11 is 5.57. The third-order valence-electron chi connectivity index (χ3n) is 2.64. The molecule has 20 heavy (non-hydrogen) atoms. The third kappa shape index (κ3) is 3.09. The standard InChI is InChI=1S/C13H13ClN2O3S/c1-9(7-14)8-19-11-4-5-12(20(15,17)18)10-3-2-6-16-13(10)11/h2-7H,8H2,1H3,(H2,15,17,18)/b9-7-. The molecule has 7 heteroatoms. The molecule has 2 N–H and O–H groups in total. The number of sulfonamides is 1. The Kier molecular flexibility index (Phi) is 4.27. The van der Waals surface area contributed by atoms with Gasteiger partial charge >= 0.3 is 0 Å². The first-order valence-electron chi connectivity index (χ1n) is 5.72. The van der Waals surface area contributed by atoms with E-state index in [1.54, 1.807) is 18.3 Å². The van der Waals surface area contributed by atoms with Gasteiger partial charge < -0.3 is 4.74 Å². The summed E-state index contributed by atoms with van der Waals surface area (Å²) in [6.07, 6.45) is 1.56. The van der Waals surface area contributed by atoms with Crippen molar-refractivity contribution in [2.45, 2.75) is 11.8 Å². The minimum atomic E-state index is -3.81. The topological polar surface area (TPSA) is 82.3 Å². The molecule has 1 aromatic heterocycles. The van der Waals surface area contributed by atoms with Gasteiger partial charge in [-0.05, 0) is 36.8 Å². The van der Waals surface area contributed by atoms with Crippen LogP contribution in [0.3, 0.4) is 0 Å². The average Bonchev–Trinajstić information content (AvgIpc) is 2.43. The van der Waals surface area contributed by atoms with E-state index >= 15 is 0 Å². The van der Waals surface area contributed by atoms with Gasteiger partial charge in [0.15, 0.2) is 0 Å². The number of primary sulfonamides is 1. The summed E-state index contributed by atoms with van der Waals surface area (Å²) in [7, 11) is -3.81. The first kappa shape index (κ1) is 14.8. The van der Waals surface area contributed by atoms with E-state index in [0.717, 1.165) is 5.57 Å². The number of fused-ring (bicyclic) bond motifs is 1. The number of ether oxygens (including phenoxy) is 1. The van der Waals surface area contributed by atoms with Crippen molar-refractivity contribution >= 4 is 32.5 Å². The minimum Gasteiger partial charge on any atom is -0.487 e. The van der Waals surface area contributed by atoms with Gasteiger partial charge in [0.05, 0.1) is 4.90 Å². The lowest BCUT2D eigenvalue weighted by Crippen LogP contribution is -2.13. The predicted molar refractivity (Wildman–Crippen MR) is 78.2 cm³/mol. The molecule has 0 bridgehead atoms. The van der Waals surface area contributed by atoms with E-state index in [4.69, 9.17) is 21.5 Å². The second kappa shape index (κ2) is 5.78. The van der Waals surface area contributed by atoms with E-state index in [-0.39, 0.29) is 4.90 Å². The van der Waals surface area contributed by atoms with Crippen LogP contribution in [0, 0.1) is 0 Å². The first-order chi connectivity index (χ1) is 9.43. The summed E-state index contributed by atoms with van der Waals surface area (Å²) in [5.41, 5.74) is 2.71. The number of hydrogen-bond acceptors (Lipinski definition) is 4. The number of aromatic nitrogens is 1. The summed E-state index contributed by atoms with van der Waals surface area (Å²) in [5.74, 6) is 0.478. The van der Waals surface area contributed by atoms with E-state index in [2.05, 4.69) is 4.98 Å². The van der Waals surface area contributed by atoms with Crippen LogP contribution in [0.25, 0.3) is 10.9 Å². The quantitative estimate of drug-likeness (QED) is 0.939. The number of hydrogen-bond donors (Lipinski definition) is 1. The van der Waals surface area contributed by atoms with Gasteiger partial charge in [-0.2, -0.15) is 0 Å². The molecule has 0 saturated heterocycles. The van der Waals surface area contributed by atoms with Crippen molar-refractivity contribution in [2.24, 2.45) is 5.14 Å². The molecule has 1 heterocycles. The van der Waals surface area contributed by atoms with Crippen molar-refractivity contribution in [3.8, 4) is 5.75 Å². The van der Waals surface area contributed by atoms with Gasteiger partial charge in [0.1, 0.15) is 17.9 Å². The van der Waals surface area contributed by atoms with E-state index < -0.39 is 10.0 Å². The zero-order valence-electron chi connectivity index (χ0n) is 10.7. The van der Waals surface area contributed by atoms with Crippen molar-refractivity contribution in [2.75, 3.05) is 6.61 Å². The number of benzene rings is 1. The SMILES string of the molecule is C/C(=C/Cl)COc1ccc(S(N)(=O)=O)c2cccnc12. The Morgan fingerprint density at radius 3 is 2.85 bits per heavy atom. The molecule has 2 rings (SSSR count). The molecule has 2 aromatic rings. The van der Waals surface area contributed by atoms with Crippen LogP contribution in [-0.4, -0.2) is 20.0 Å². The van der Waals surface area contributed by atoms with Crippen LogP contribution >= 0.6 is 11.6 Å². The highest BCUT2D eigenvalue weighted by Gasteiger charge is 2.15. The smallest absolute Gasteiger partial charge is 0.238 e. The zero-order valence-corrected chi connectivity index (χ0v) is 12.3. The molecule has 0 amide bonds. The Morgan fingerprint density at radius 2 is 2.20 bits per heavy atom. The Morgan fingerprint density at radius 1 is 1.45 bits per heavy atom. The second-order valence-corrected chi connectivity index (χ2v) is 6.00. The van der Waals surface area contributed by atoms with Crippen molar-refractivity contribution < 1.29 is 13.2 Å². The summed E-state index contributed by atoms with van der Waals surface area (Å²) in [5, 5.41) is 5.62. The number of nitrogens with two attached hydrogens (primary N) is 1. The molecule has 0 aliphatic rings. The Bertz CT molecular complexity index is 772. The summed E-state index contributed by atoms with van der Waals surface area (Å²) < 4.78 is 28.7. The van der Waals surface area contributed by atoms with E-state index in [1.807, 2.05) is 6.92 Å². The third-order valence-corrected chi connectivity index (χ3v) is 3.98. The molecule has 0 radical (unpaired) electrons. The predicted octanol–water partition coefficient (Wildman–Crippen LogP) is 2.40. The monoisotopic (exact) mass is 312 g/mol. The summed E-state index contributed by atoms with van der Waals surface area (Å²) in [6.45, 7) is 2.12. The molecule has 0 spiro atoms. The second-order valence-electron chi connectivity index (χ2n) is 4.25. The van der Waals surface area contributed by atoms with Crippen LogP contribution in [0.5, 0.6) is 5.75 Å². The van der Waals surface area contributed by atoms with E-state index in [1.165, 1.54) is 17.7 Å². The van der Waals surface area contributed by atoms with Crippen molar-refractivity contribution in [1.29, 1.82) is 0 Å². The molecular weight excluding hydrogens is 300 g/mol. The highest BCUT2D eigenvalue weighted by Crippen LogP contribution is 2.29. The lowest BCUT2D eigenvalue weighted by Gasteiger charge is -2.10. The number of halogens is 1. The maximum absolute atomic E-state index is 11.6. The first-order valence-corrected chi connectivity index (χ1v) is 7.71. The molecule has 0 atom stereocenters. The highest BCUT2D eigenvalue weighted by atomic mass is 35.5. The zero-order chi connectivity index (χ0) is 14.8. The highest BCUT2D eigenvalue weighted by molar-refractivity contribution is 7.89. The van der Waals surface area contributed by atoms with Crippen LogP contribution in [0.1, 0.15) is 6.92 Å². The molecule has 0 fully saturated rings. The van der Waals surface area contributed by atoms with Crippen LogP contribution < -0.4 is 9.88 Å². The van der Waals surface area contributed by atoms with E-state index in [0.29, 0.717) is 23.3 Å². The maximum atomic E-state index is 11.6. The normalized spacial score (nSPS) is 12.7. The van der Waals surface area contributed by atoms with Crippen molar-refractivity contribution in [3.05, 3.63) is 41.6 Å². The van der Waals surface area contributed by atoms with Gasteiger partial charge in [0, 0.05) is 17.1 Å². The summed E-state index contributed by atoms with van der Waals surface area (Å²) in [4.78, 5) is 4.19. The number of nitrogens with zero attached hydrogens (tertiary/aromatic N) is 1. The van der Waals surface area contributed by atoms with Crippen LogP contribution in [-0.2, 0) is 10.0 Å². The molecule has 0 aliphatic heterocycles. The van der Waals surface area contributed by atoms with Crippen LogP contribution in [0.15, 0.2) is 46.5 Å². The maximum Gasteiger partial charge on any atom is 0.238 e. The van der Waals surface area contributed by atoms with Gasteiger partial charge in [0.25, 0.3) is 0 Å². The minimum absolute atomic E-state index is 0.0255. The summed E-state index contributed by atoms with van der Waals surface area (Å²) in [6, 6.07) is 6.23. The molecule has 0 unspecified atom stereocenters. The molecule has 5 nitrogen and oxygen atoms in total. The Balaban J connectivity index is 2.55. The molecular formula is C13H13ClN2O3S. The van der Waals surface area contributed by atoms with Gasteiger partial charge in [0.2, 0.25) is 10.0 Å². The van der Waals surface area contributed by atoms with Crippen LogP contribution in [0.2, 0.25) is 0 Å².